The number of carbonyl (C=O) groups is 4. The van der Waals surface area contributed by atoms with E-state index in [1.54, 1.807) is 0 Å². The third kappa shape index (κ3) is 6.01. The number of nitrogens with one attached hydrogen (secondary N) is 2. The SMILES string of the molecule is C=CCOC(=O)c1c(F)ccc(NC(=O)C2C[C@@H]([C@H](C(=O)S)C(=O)OCC=C)CN2)c1F. The van der Waals surface area contributed by atoms with Crippen molar-refractivity contribution in [2.24, 2.45) is 11.8 Å². The normalized spacial score (nSPS) is 18.3. The van der Waals surface area contributed by atoms with Gasteiger partial charge in [-0.3, -0.25) is 14.4 Å². The summed E-state index contributed by atoms with van der Waals surface area (Å²) >= 11 is 3.74. The van der Waals surface area contributed by atoms with E-state index in [0.29, 0.717) is 0 Å². The number of ether oxygens (including phenoxy) is 2. The van der Waals surface area contributed by atoms with E-state index in [-0.39, 0.29) is 26.2 Å². The van der Waals surface area contributed by atoms with Crippen molar-refractivity contribution in [2.75, 3.05) is 25.1 Å². The Labute approximate surface area is 188 Å². The van der Waals surface area contributed by atoms with Gasteiger partial charge in [-0.2, -0.15) is 0 Å². The summed E-state index contributed by atoms with van der Waals surface area (Å²) in [5.41, 5.74) is -1.38. The smallest absolute Gasteiger partial charge is 0.344 e. The van der Waals surface area contributed by atoms with Gasteiger partial charge in [-0.15, -0.1) is 12.6 Å². The number of rotatable bonds is 10. The molecule has 1 heterocycles. The first-order valence-electron chi connectivity index (χ1n) is 9.51. The molecule has 8 nitrogen and oxygen atoms in total. The van der Waals surface area contributed by atoms with Crippen LogP contribution in [0.2, 0.25) is 0 Å². The second-order valence-electron chi connectivity index (χ2n) is 6.85. The van der Waals surface area contributed by atoms with Crippen LogP contribution in [0.5, 0.6) is 0 Å². The van der Waals surface area contributed by atoms with Crippen LogP contribution in [0.15, 0.2) is 37.4 Å². The van der Waals surface area contributed by atoms with E-state index in [1.807, 2.05) is 0 Å². The molecular weight excluding hydrogens is 446 g/mol. The molecule has 3 atom stereocenters. The van der Waals surface area contributed by atoms with Crippen LogP contribution in [-0.2, 0) is 23.9 Å². The van der Waals surface area contributed by atoms with Crippen molar-refractivity contribution in [1.29, 1.82) is 0 Å². The fraction of sp³-hybridized carbons (Fsp3) is 0.333. The Hall–Kier alpha value is -3.05. The highest BCUT2D eigenvalue weighted by Crippen LogP contribution is 2.28. The Morgan fingerprint density at radius 1 is 1.19 bits per heavy atom. The average Bonchev–Trinajstić information content (AvgIpc) is 3.22. The monoisotopic (exact) mass is 468 g/mol. The van der Waals surface area contributed by atoms with Crippen molar-refractivity contribution >= 4 is 41.3 Å². The van der Waals surface area contributed by atoms with Gasteiger partial charge in [-0.1, -0.05) is 25.3 Å². The molecule has 1 saturated heterocycles. The van der Waals surface area contributed by atoms with Gasteiger partial charge < -0.3 is 20.1 Å². The van der Waals surface area contributed by atoms with Crippen LogP contribution >= 0.6 is 12.6 Å². The number of amides is 1. The summed E-state index contributed by atoms with van der Waals surface area (Å²) in [6, 6.07) is 0.897. The zero-order chi connectivity index (χ0) is 23.8. The number of benzene rings is 1. The van der Waals surface area contributed by atoms with Gasteiger partial charge in [0.15, 0.2) is 10.9 Å². The fourth-order valence-corrected chi connectivity index (χ4v) is 3.52. The Bertz CT molecular complexity index is 939. The summed E-state index contributed by atoms with van der Waals surface area (Å²) in [6.45, 7) is 6.56. The minimum Gasteiger partial charge on any atom is -0.461 e. The molecule has 0 spiro atoms. The molecule has 1 unspecified atom stereocenters. The summed E-state index contributed by atoms with van der Waals surface area (Å²) in [4.78, 5) is 48.5. The van der Waals surface area contributed by atoms with Gasteiger partial charge in [0.1, 0.15) is 30.5 Å². The first kappa shape index (κ1) is 25.2. The van der Waals surface area contributed by atoms with Gasteiger partial charge in [0.05, 0.1) is 11.7 Å². The molecule has 1 aromatic rings. The van der Waals surface area contributed by atoms with E-state index in [4.69, 9.17) is 4.74 Å². The number of carbonyl (C=O) groups excluding carboxylic acids is 4. The number of hydrogen-bond acceptors (Lipinski definition) is 7. The molecule has 32 heavy (non-hydrogen) atoms. The van der Waals surface area contributed by atoms with Crippen molar-refractivity contribution in [2.45, 2.75) is 12.5 Å². The first-order chi connectivity index (χ1) is 15.2. The van der Waals surface area contributed by atoms with E-state index < -0.39 is 63.7 Å². The standard InChI is InChI=1S/C21H22F2N2O6S/c1-3-7-30-19(27)15(21(29)32)11-9-14(24-10-11)18(26)25-13-6-5-12(22)16(17(13)23)20(28)31-8-4-2/h3-6,11,14-15,24H,1-2,7-10H2,(H,25,26)(H,29,32)/t11-,14?,15+/m1/s1. The maximum Gasteiger partial charge on any atom is 0.344 e. The van der Waals surface area contributed by atoms with Gasteiger partial charge in [0, 0.05) is 6.54 Å². The van der Waals surface area contributed by atoms with Crippen molar-refractivity contribution in [3.05, 3.63) is 54.6 Å². The van der Waals surface area contributed by atoms with Crippen molar-refractivity contribution in [3.63, 3.8) is 0 Å². The second kappa shape index (κ2) is 11.5. The topological polar surface area (TPSA) is 111 Å². The number of hydrogen-bond donors (Lipinski definition) is 3. The van der Waals surface area contributed by atoms with E-state index in [0.717, 1.165) is 12.1 Å². The fourth-order valence-electron chi connectivity index (χ4n) is 3.21. The van der Waals surface area contributed by atoms with Crippen LogP contribution in [0, 0.1) is 23.5 Å². The van der Waals surface area contributed by atoms with E-state index in [2.05, 4.69) is 41.2 Å². The molecule has 1 aromatic carbocycles. The van der Waals surface area contributed by atoms with Crippen molar-refractivity contribution in [1.82, 2.24) is 5.32 Å². The molecule has 1 fully saturated rings. The minimum atomic E-state index is -1.29. The zero-order valence-electron chi connectivity index (χ0n) is 16.9. The quantitative estimate of drug-likeness (QED) is 0.209. The molecule has 0 aromatic heterocycles. The Kier molecular flexibility index (Phi) is 9.09. The van der Waals surface area contributed by atoms with Crippen LogP contribution in [0.3, 0.4) is 0 Å². The molecule has 1 amide bonds. The van der Waals surface area contributed by atoms with Gasteiger partial charge in [-0.05, 0) is 24.5 Å². The van der Waals surface area contributed by atoms with Gasteiger partial charge in [0.2, 0.25) is 5.91 Å². The lowest BCUT2D eigenvalue weighted by molar-refractivity contribution is -0.151. The predicted molar refractivity (Wildman–Crippen MR) is 114 cm³/mol. The average molecular weight is 468 g/mol. The van der Waals surface area contributed by atoms with E-state index in [1.165, 1.54) is 12.2 Å². The van der Waals surface area contributed by atoms with Crippen molar-refractivity contribution < 1.29 is 37.4 Å². The lowest BCUT2D eigenvalue weighted by Crippen LogP contribution is -2.35. The summed E-state index contributed by atoms with van der Waals surface area (Å²) in [5, 5.41) is 4.41. The molecule has 0 radical (unpaired) electrons. The highest BCUT2D eigenvalue weighted by atomic mass is 32.1. The predicted octanol–water partition coefficient (Wildman–Crippen LogP) is 2.03. The van der Waals surface area contributed by atoms with Crippen LogP contribution < -0.4 is 10.6 Å². The minimum absolute atomic E-state index is 0.0586. The molecule has 11 heteroatoms. The Morgan fingerprint density at radius 2 is 1.84 bits per heavy atom. The Morgan fingerprint density at radius 3 is 2.47 bits per heavy atom. The lowest BCUT2D eigenvalue weighted by atomic mass is 9.90. The van der Waals surface area contributed by atoms with Crippen LogP contribution in [0.1, 0.15) is 16.8 Å². The molecule has 1 aliphatic heterocycles. The number of halogens is 2. The van der Waals surface area contributed by atoms with Crippen molar-refractivity contribution in [3.8, 4) is 0 Å². The summed E-state index contributed by atoms with van der Waals surface area (Å²) in [6.07, 6.45) is 2.64. The molecule has 0 saturated carbocycles. The Balaban J connectivity index is 2.11. The third-order valence-corrected chi connectivity index (χ3v) is 4.98. The highest BCUT2D eigenvalue weighted by molar-refractivity contribution is 7.96. The number of thiol groups is 1. The van der Waals surface area contributed by atoms with Crippen LogP contribution in [-0.4, -0.2) is 48.8 Å². The van der Waals surface area contributed by atoms with Crippen LogP contribution in [0.25, 0.3) is 0 Å². The molecule has 0 bridgehead atoms. The third-order valence-electron chi connectivity index (χ3n) is 4.70. The second-order valence-corrected chi connectivity index (χ2v) is 7.29. The molecular formula is C21H22F2N2O6S. The first-order valence-corrected chi connectivity index (χ1v) is 9.96. The van der Waals surface area contributed by atoms with Gasteiger partial charge >= 0.3 is 11.9 Å². The molecule has 172 valence electrons. The van der Waals surface area contributed by atoms with E-state index in [9.17, 15) is 28.0 Å². The molecule has 1 aliphatic rings. The summed E-state index contributed by atoms with van der Waals surface area (Å²) in [7, 11) is 0. The van der Waals surface area contributed by atoms with E-state index >= 15 is 0 Å². The molecule has 0 aliphatic carbocycles. The lowest BCUT2D eigenvalue weighted by Gasteiger charge is -2.18. The zero-order valence-corrected chi connectivity index (χ0v) is 17.8. The number of anilines is 1. The molecule has 2 N–H and O–H groups in total. The van der Waals surface area contributed by atoms with Gasteiger partial charge in [-0.25, -0.2) is 13.6 Å². The van der Waals surface area contributed by atoms with Gasteiger partial charge in [0.25, 0.3) is 0 Å². The molecule has 2 rings (SSSR count). The maximum atomic E-state index is 14.7. The largest absolute Gasteiger partial charge is 0.461 e. The van der Waals surface area contributed by atoms with Crippen LogP contribution in [0.4, 0.5) is 14.5 Å². The number of esters is 2. The summed E-state index contributed by atoms with van der Waals surface area (Å²) < 4.78 is 38.2. The summed E-state index contributed by atoms with van der Waals surface area (Å²) in [5.74, 6) is -6.96. The maximum absolute atomic E-state index is 14.7. The highest BCUT2D eigenvalue weighted by Gasteiger charge is 2.41.